The Hall–Kier alpha value is -1.77. The van der Waals surface area contributed by atoms with E-state index in [4.69, 9.17) is 10.00 Å². The molecule has 1 heterocycles. The predicted molar refractivity (Wildman–Crippen MR) is 82.3 cm³/mol. The van der Waals surface area contributed by atoms with Crippen LogP contribution in [0, 0.1) is 30.1 Å². The van der Waals surface area contributed by atoms with Crippen LogP contribution < -0.4 is 5.32 Å². The van der Waals surface area contributed by atoms with Crippen molar-refractivity contribution in [3.8, 4) is 6.07 Å². The number of amides is 2. The molecule has 1 saturated heterocycles. The Morgan fingerprint density at radius 1 is 1.50 bits per heavy atom. The summed E-state index contributed by atoms with van der Waals surface area (Å²) in [4.78, 5) is 26.1. The number of rotatable bonds is 4. The van der Waals surface area contributed by atoms with Gasteiger partial charge < -0.3 is 15.0 Å². The van der Waals surface area contributed by atoms with Crippen molar-refractivity contribution in [2.75, 3.05) is 6.54 Å². The fourth-order valence-corrected chi connectivity index (χ4v) is 2.16. The quantitative estimate of drug-likeness (QED) is 0.862. The van der Waals surface area contributed by atoms with E-state index in [1.807, 2.05) is 13.8 Å². The normalized spacial score (nSPS) is 20.9. The van der Waals surface area contributed by atoms with Crippen LogP contribution >= 0.6 is 0 Å². The molecule has 3 atom stereocenters. The maximum atomic E-state index is 12.7. The molecule has 0 aromatic carbocycles. The topological polar surface area (TPSA) is 82.4 Å². The van der Waals surface area contributed by atoms with Gasteiger partial charge in [0.05, 0.1) is 6.07 Å². The fourth-order valence-electron chi connectivity index (χ4n) is 2.16. The van der Waals surface area contributed by atoms with Crippen molar-refractivity contribution in [1.29, 1.82) is 5.26 Å². The smallest absolute Gasteiger partial charge is 0.408 e. The summed E-state index contributed by atoms with van der Waals surface area (Å²) in [6.45, 7) is 9.53. The number of likely N-dealkylation sites (tertiary alicyclic amines) is 1. The molecule has 1 unspecified atom stereocenters. The Morgan fingerprint density at radius 3 is 2.64 bits per heavy atom. The first-order valence-corrected chi connectivity index (χ1v) is 7.56. The molecule has 2 radical (unpaired) electrons. The van der Waals surface area contributed by atoms with E-state index in [0.29, 0.717) is 6.54 Å². The van der Waals surface area contributed by atoms with Crippen LogP contribution in [0.15, 0.2) is 0 Å². The fraction of sp³-hybridized carbons (Fsp3) is 0.688. The van der Waals surface area contributed by atoms with Crippen molar-refractivity contribution >= 4 is 12.0 Å². The molecule has 122 valence electrons. The zero-order valence-electron chi connectivity index (χ0n) is 13.9. The Kier molecular flexibility index (Phi) is 6.21. The number of hydrogen-bond donors (Lipinski definition) is 1. The van der Waals surface area contributed by atoms with Crippen LogP contribution in [-0.2, 0) is 9.53 Å². The Morgan fingerprint density at radius 2 is 2.14 bits per heavy atom. The summed E-state index contributed by atoms with van der Waals surface area (Å²) >= 11 is 0. The van der Waals surface area contributed by atoms with Gasteiger partial charge in [-0.15, -0.1) is 0 Å². The zero-order chi connectivity index (χ0) is 16.9. The predicted octanol–water partition coefficient (Wildman–Crippen LogP) is 2.07. The van der Waals surface area contributed by atoms with Crippen LogP contribution in [0.1, 0.15) is 41.0 Å². The zero-order valence-corrected chi connectivity index (χ0v) is 13.9. The molecule has 2 amide bonds. The van der Waals surface area contributed by atoms with Crippen LogP contribution in [0.4, 0.5) is 4.79 Å². The molecule has 0 bridgehead atoms. The summed E-state index contributed by atoms with van der Waals surface area (Å²) in [6, 6.07) is 0.804. The van der Waals surface area contributed by atoms with Gasteiger partial charge in [-0.1, -0.05) is 20.3 Å². The first kappa shape index (κ1) is 18.3. The molecule has 6 heteroatoms. The number of nitrogens with zero attached hydrogens (tertiary/aromatic N) is 2. The summed E-state index contributed by atoms with van der Waals surface area (Å²) in [5.74, 6) is -0.309. The van der Waals surface area contributed by atoms with Crippen molar-refractivity contribution in [3.63, 3.8) is 0 Å². The van der Waals surface area contributed by atoms with E-state index in [2.05, 4.69) is 11.4 Å². The molecule has 1 fully saturated rings. The van der Waals surface area contributed by atoms with Crippen LogP contribution in [0.25, 0.3) is 0 Å². The molecule has 1 aliphatic heterocycles. The van der Waals surface area contributed by atoms with E-state index in [1.165, 1.54) is 4.90 Å². The molecule has 0 spiro atoms. The number of carbonyl (C=O) groups is 2. The average molecular weight is 307 g/mol. The van der Waals surface area contributed by atoms with Crippen molar-refractivity contribution in [2.24, 2.45) is 5.92 Å². The summed E-state index contributed by atoms with van der Waals surface area (Å²) in [6.07, 6.45) is 3.59. The van der Waals surface area contributed by atoms with Gasteiger partial charge in [-0.3, -0.25) is 4.79 Å². The standard InChI is InChI=1S/C16H25N3O3/c1-6-11(2)13(18-15(21)22-16(3,4)5)14(20)19-9-7-8-12(19)10-17/h7-8,11-13H,6,9H2,1-5H3,(H,18,21)/t11?,12-,13-/m0/s1. The third-order valence-electron chi connectivity index (χ3n) is 3.52. The minimum atomic E-state index is -0.699. The lowest BCUT2D eigenvalue weighted by Crippen LogP contribution is -2.53. The molecule has 0 aromatic heterocycles. The minimum Gasteiger partial charge on any atom is -0.444 e. The summed E-state index contributed by atoms with van der Waals surface area (Å²) in [7, 11) is 0. The van der Waals surface area contributed by atoms with Crippen molar-refractivity contribution < 1.29 is 14.3 Å². The maximum absolute atomic E-state index is 12.7. The van der Waals surface area contributed by atoms with Gasteiger partial charge in [0.15, 0.2) is 0 Å². The second-order valence-corrected chi connectivity index (χ2v) is 6.50. The molecule has 0 aromatic rings. The number of nitriles is 1. The highest BCUT2D eigenvalue weighted by molar-refractivity contribution is 5.87. The van der Waals surface area contributed by atoms with Crippen molar-refractivity contribution in [3.05, 3.63) is 12.8 Å². The molecular formula is C16H25N3O3. The van der Waals surface area contributed by atoms with Gasteiger partial charge in [-0.05, 0) is 33.1 Å². The second-order valence-electron chi connectivity index (χ2n) is 6.50. The van der Waals surface area contributed by atoms with Gasteiger partial charge in [-0.25, -0.2) is 4.79 Å². The summed E-state index contributed by atoms with van der Waals surface area (Å²) < 4.78 is 5.23. The van der Waals surface area contributed by atoms with Gasteiger partial charge in [0.2, 0.25) is 5.91 Å². The highest BCUT2D eigenvalue weighted by Crippen LogP contribution is 2.20. The van der Waals surface area contributed by atoms with Crippen LogP contribution in [0.2, 0.25) is 0 Å². The second kappa shape index (κ2) is 7.48. The van der Waals surface area contributed by atoms with Gasteiger partial charge >= 0.3 is 6.09 Å². The number of ether oxygens (including phenoxy) is 1. The Bertz CT molecular complexity index is 451. The van der Waals surface area contributed by atoms with Crippen LogP contribution in [0.3, 0.4) is 0 Å². The molecule has 0 aliphatic carbocycles. The highest BCUT2D eigenvalue weighted by atomic mass is 16.6. The third-order valence-corrected chi connectivity index (χ3v) is 3.52. The molecule has 22 heavy (non-hydrogen) atoms. The molecule has 1 aliphatic rings. The minimum absolute atomic E-state index is 0.0556. The Labute approximate surface area is 132 Å². The lowest BCUT2D eigenvalue weighted by Gasteiger charge is -2.30. The average Bonchev–Trinajstić information content (AvgIpc) is 2.89. The molecule has 0 saturated carbocycles. The maximum Gasteiger partial charge on any atom is 0.408 e. The first-order valence-electron chi connectivity index (χ1n) is 7.56. The van der Waals surface area contributed by atoms with Crippen molar-refractivity contribution in [2.45, 2.75) is 58.7 Å². The largest absolute Gasteiger partial charge is 0.444 e. The van der Waals surface area contributed by atoms with E-state index in [0.717, 1.165) is 6.42 Å². The summed E-state index contributed by atoms with van der Waals surface area (Å²) in [5, 5.41) is 11.7. The van der Waals surface area contributed by atoms with E-state index >= 15 is 0 Å². The number of nitrogens with one attached hydrogen (secondary N) is 1. The molecule has 1 N–H and O–H groups in total. The third kappa shape index (κ3) is 4.90. The lowest BCUT2D eigenvalue weighted by atomic mass is 9.97. The van der Waals surface area contributed by atoms with Crippen LogP contribution in [0.5, 0.6) is 0 Å². The highest BCUT2D eigenvalue weighted by Gasteiger charge is 2.36. The SMILES string of the molecule is CCC(C)[C@H](NC(=O)OC(C)(C)C)C(=O)N1C[CH][CH][C@H]1C#N. The first-order chi connectivity index (χ1) is 10.2. The number of alkyl carbamates (subject to hydrolysis) is 1. The monoisotopic (exact) mass is 307 g/mol. The number of hydrogen-bond acceptors (Lipinski definition) is 4. The Balaban J connectivity index is 2.82. The lowest BCUT2D eigenvalue weighted by molar-refractivity contribution is -0.134. The van der Waals surface area contributed by atoms with Gasteiger partial charge in [0.25, 0.3) is 0 Å². The summed E-state index contributed by atoms with van der Waals surface area (Å²) in [5.41, 5.74) is -0.627. The van der Waals surface area contributed by atoms with E-state index in [1.54, 1.807) is 33.6 Å². The van der Waals surface area contributed by atoms with E-state index < -0.39 is 23.8 Å². The molecule has 1 rings (SSSR count). The molecular weight excluding hydrogens is 282 g/mol. The van der Waals surface area contributed by atoms with E-state index in [9.17, 15) is 9.59 Å². The van der Waals surface area contributed by atoms with Gasteiger partial charge in [0, 0.05) is 13.0 Å². The van der Waals surface area contributed by atoms with Gasteiger partial charge in [-0.2, -0.15) is 5.26 Å². The number of carbonyl (C=O) groups excluding carboxylic acids is 2. The van der Waals surface area contributed by atoms with E-state index in [-0.39, 0.29) is 11.8 Å². The van der Waals surface area contributed by atoms with Gasteiger partial charge in [0.1, 0.15) is 17.7 Å². The van der Waals surface area contributed by atoms with Crippen LogP contribution in [-0.4, -0.2) is 41.1 Å². The van der Waals surface area contributed by atoms with Crippen molar-refractivity contribution in [1.82, 2.24) is 10.2 Å². The molecule has 6 nitrogen and oxygen atoms in total.